The first-order valence-corrected chi connectivity index (χ1v) is 7.64. The van der Waals surface area contributed by atoms with Gasteiger partial charge in [0, 0.05) is 28.3 Å². The van der Waals surface area contributed by atoms with Crippen molar-refractivity contribution in [2.45, 2.75) is 17.4 Å². The zero-order valence-corrected chi connectivity index (χ0v) is 11.8. The van der Waals surface area contributed by atoms with Crippen LogP contribution in [0.3, 0.4) is 0 Å². The number of benzene rings is 2. The average molecular weight is 287 g/mol. The molecule has 2 aromatic rings. The van der Waals surface area contributed by atoms with Crippen molar-refractivity contribution in [3.05, 3.63) is 65.7 Å². The maximum Gasteiger partial charge on any atom is 0.136 e. The minimum atomic E-state index is -0.711. The Kier molecular flexibility index (Phi) is 4.08. The number of nitrogens with zero attached hydrogens (tertiary/aromatic N) is 1. The van der Waals surface area contributed by atoms with Crippen LogP contribution < -0.4 is 0 Å². The van der Waals surface area contributed by atoms with Gasteiger partial charge in [-0.3, -0.25) is 0 Å². The van der Waals surface area contributed by atoms with E-state index in [1.165, 1.54) is 4.90 Å². The van der Waals surface area contributed by atoms with Crippen molar-refractivity contribution in [2.75, 3.05) is 12.3 Å². The fraction of sp³-hybridized carbons (Fsp3) is 0.250. The van der Waals surface area contributed by atoms with E-state index in [9.17, 15) is 10.2 Å². The molecule has 2 unspecified atom stereocenters. The summed E-state index contributed by atoms with van der Waals surface area (Å²) in [6.07, 6.45) is -1.42. The van der Waals surface area contributed by atoms with E-state index in [0.29, 0.717) is 6.54 Å². The number of hydrogen-bond acceptors (Lipinski definition) is 4. The van der Waals surface area contributed by atoms with Gasteiger partial charge in [-0.05, 0) is 12.1 Å². The molecular formula is C16H17NO2S. The number of aliphatic hydroxyl groups is 2. The predicted octanol–water partition coefficient (Wildman–Crippen LogP) is 2.78. The second-order valence-corrected chi connectivity index (χ2v) is 5.94. The Balaban J connectivity index is 1.62. The Labute approximate surface area is 122 Å². The first-order chi connectivity index (χ1) is 9.77. The number of hydrogen-bond donors (Lipinski definition) is 2. The normalized spacial score (nSPS) is 21.9. The van der Waals surface area contributed by atoms with E-state index in [0.717, 1.165) is 16.9 Å². The molecule has 0 amide bonds. The van der Waals surface area contributed by atoms with Crippen molar-refractivity contribution in [1.29, 1.82) is 0 Å². The van der Waals surface area contributed by atoms with Gasteiger partial charge < -0.3 is 10.2 Å². The maximum atomic E-state index is 10.3. The summed E-state index contributed by atoms with van der Waals surface area (Å²) in [6.45, 7) is 0.635. The van der Waals surface area contributed by atoms with E-state index in [1.807, 2.05) is 42.5 Å². The van der Waals surface area contributed by atoms with Crippen LogP contribution in [0.25, 0.3) is 0 Å². The predicted molar refractivity (Wildman–Crippen MR) is 80.2 cm³/mol. The fourth-order valence-electron chi connectivity index (χ4n) is 2.50. The molecule has 104 valence electrons. The first kappa shape index (κ1) is 13.6. The highest BCUT2D eigenvalue weighted by molar-refractivity contribution is 7.99. The summed E-state index contributed by atoms with van der Waals surface area (Å²) in [6, 6.07) is 17.7. The lowest BCUT2D eigenvalue weighted by Crippen LogP contribution is -2.28. The molecule has 0 aromatic heterocycles. The largest absolute Gasteiger partial charge is 0.374 e. The molecule has 2 aromatic carbocycles. The van der Waals surface area contributed by atoms with Gasteiger partial charge in [-0.25, -0.2) is 4.90 Å². The first-order valence-electron chi connectivity index (χ1n) is 6.66. The standard InChI is InChI=1S/C16H17NO2S/c18-15-13-8-4-5-9-14(13)16(19)17(15)10-11-20-12-6-2-1-3-7-12/h1-9,15-16,18-19H,10-11H2. The molecule has 3 rings (SSSR count). The Morgan fingerprint density at radius 1 is 0.850 bits per heavy atom. The fourth-order valence-corrected chi connectivity index (χ4v) is 3.39. The van der Waals surface area contributed by atoms with Gasteiger partial charge in [0.2, 0.25) is 0 Å². The smallest absolute Gasteiger partial charge is 0.136 e. The third-order valence-corrected chi connectivity index (χ3v) is 4.53. The minimum Gasteiger partial charge on any atom is -0.374 e. The summed E-state index contributed by atoms with van der Waals surface area (Å²) < 4.78 is 0. The molecule has 0 saturated heterocycles. The number of aliphatic hydroxyl groups excluding tert-OH is 2. The Morgan fingerprint density at radius 3 is 2.00 bits per heavy atom. The molecule has 2 atom stereocenters. The highest BCUT2D eigenvalue weighted by Crippen LogP contribution is 2.38. The van der Waals surface area contributed by atoms with Crippen molar-refractivity contribution >= 4 is 11.8 Å². The number of thioether (sulfide) groups is 1. The molecule has 0 spiro atoms. The molecule has 3 nitrogen and oxygen atoms in total. The second-order valence-electron chi connectivity index (χ2n) is 4.78. The van der Waals surface area contributed by atoms with Crippen LogP contribution in [0.4, 0.5) is 0 Å². The van der Waals surface area contributed by atoms with Crippen LogP contribution in [0.1, 0.15) is 23.6 Å². The zero-order valence-electron chi connectivity index (χ0n) is 11.0. The molecule has 1 heterocycles. The average Bonchev–Trinajstić information content (AvgIpc) is 2.74. The van der Waals surface area contributed by atoms with E-state index in [1.54, 1.807) is 16.7 Å². The van der Waals surface area contributed by atoms with Crippen LogP contribution in [-0.2, 0) is 0 Å². The van der Waals surface area contributed by atoms with Crippen LogP contribution in [0.15, 0.2) is 59.5 Å². The lowest BCUT2D eigenvalue weighted by molar-refractivity contribution is -0.0801. The van der Waals surface area contributed by atoms with Crippen molar-refractivity contribution < 1.29 is 10.2 Å². The molecule has 0 fully saturated rings. The summed E-state index contributed by atoms with van der Waals surface area (Å²) in [7, 11) is 0. The summed E-state index contributed by atoms with van der Waals surface area (Å²) in [5.74, 6) is 0.826. The third-order valence-electron chi connectivity index (χ3n) is 3.54. The van der Waals surface area contributed by atoms with Crippen molar-refractivity contribution in [3.8, 4) is 0 Å². The zero-order chi connectivity index (χ0) is 13.9. The van der Waals surface area contributed by atoms with Gasteiger partial charge in [-0.2, -0.15) is 0 Å². The van der Waals surface area contributed by atoms with Gasteiger partial charge >= 0.3 is 0 Å². The van der Waals surface area contributed by atoms with Crippen LogP contribution in [0, 0.1) is 0 Å². The van der Waals surface area contributed by atoms with Gasteiger partial charge in [-0.15, -0.1) is 11.8 Å². The highest BCUT2D eigenvalue weighted by Gasteiger charge is 2.35. The van der Waals surface area contributed by atoms with Gasteiger partial charge in [0.05, 0.1) is 0 Å². The van der Waals surface area contributed by atoms with Crippen LogP contribution >= 0.6 is 11.8 Å². The van der Waals surface area contributed by atoms with Crippen LogP contribution in [0.5, 0.6) is 0 Å². The Morgan fingerprint density at radius 2 is 1.40 bits per heavy atom. The molecule has 2 N–H and O–H groups in total. The maximum absolute atomic E-state index is 10.3. The molecule has 20 heavy (non-hydrogen) atoms. The van der Waals surface area contributed by atoms with E-state index < -0.39 is 12.5 Å². The summed E-state index contributed by atoms with van der Waals surface area (Å²) in [5, 5.41) is 20.5. The van der Waals surface area contributed by atoms with E-state index >= 15 is 0 Å². The summed E-state index contributed by atoms with van der Waals surface area (Å²) >= 11 is 1.73. The van der Waals surface area contributed by atoms with Crippen molar-refractivity contribution in [1.82, 2.24) is 4.90 Å². The quantitative estimate of drug-likeness (QED) is 0.849. The number of rotatable bonds is 4. The molecule has 0 bridgehead atoms. The Hall–Kier alpha value is -1.33. The van der Waals surface area contributed by atoms with Crippen LogP contribution in [0.2, 0.25) is 0 Å². The third kappa shape index (κ3) is 2.60. The molecule has 4 heteroatoms. The molecule has 0 radical (unpaired) electrons. The SMILES string of the molecule is OC1c2ccccc2C(O)N1CCSc1ccccc1. The lowest BCUT2D eigenvalue weighted by Gasteiger charge is -2.23. The minimum absolute atomic E-state index is 0.635. The summed E-state index contributed by atoms with van der Waals surface area (Å²) in [5.41, 5.74) is 1.62. The van der Waals surface area contributed by atoms with Gasteiger partial charge in [0.25, 0.3) is 0 Å². The molecule has 0 aliphatic carbocycles. The second kappa shape index (κ2) is 5.97. The van der Waals surface area contributed by atoms with Gasteiger partial charge in [-0.1, -0.05) is 42.5 Å². The molecule has 0 saturated carbocycles. The Bertz CT molecular complexity index is 547. The monoisotopic (exact) mass is 287 g/mol. The van der Waals surface area contributed by atoms with E-state index in [-0.39, 0.29) is 0 Å². The number of fused-ring (bicyclic) bond motifs is 1. The molecule has 1 aliphatic rings. The van der Waals surface area contributed by atoms with Crippen LogP contribution in [-0.4, -0.2) is 27.4 Å². The van der Waals surface area contributed by atoms with E-state index in [2.05, 4.69) is 12.1 Å². The van der Waals surface area contributed by atoms with Gasteiger partial charge in [0.1, 0.15) is 12.5 Å². The van der Waals surface area contributed by atoms with Crippen molar-refractivity contribution in [2.24, 2.45) is 0 Å². The van der Waals surface area contributed by atoms with Gasteiger partial charge in [0.15, 0.2) is 0 Å². The van der Waals surface area contributed by atoms with E-state index in [4.69, 9.17) is 0 Å². The van der Waals surface area contributed by atoms with Crippen molar-refractivity contribution in [3.63, 3.8) is 0 Å². The lowest BCUT2D eigenvalue weighted by atomic mass is 10.1. The molecular weight excluding hydrogens is 270 g/mol. The highest BCUT2D eigenvalue weighted by atomic mass is 32.2. The summed E-state index contributed by atoms with van der Waals surface area (Å²) in [4.78, 5) is 2.92. The topological polar surface area (TPSA) is 43.7 Å². The molecule has 1 aliphatic heterocycles.